The Balaban J connectivity index is 1.64. The zero-order chi connectivity index (χ0) is 18.0. The number of nitrogens with one attached hydrogen (secondary N) is 1. The maximum Gasteiger partial charge on any atom is 0.262 e. The Bertz CT molecular complexity index is 742. The lowest BCUT2D eigenvalue weighted by Gasteiger charge is -2.29. The van der Waals surface area contributed by atoms with Crippen molar-refractivity contribution in [1.82, 2.24) is 15.2 Å². The normalized spacial score (nSPS) is 14.0. The minimum absolute atomic E-state index is 0.120. The standard InChI is InChI=1S/C18H23N3O2S2/c1-18(2,20-16(22)14-9-6-10-24-14)17(23)21(3)11-15-19-12-7-4-5-8-13(12)25-15/h6,9-10H,4-5,7-8,11H2,1-3H3,(H,20,22). The van der Waals surface area contributed by atoms with Gasteiger partial charge in [0.05, 0.1) is 17.1 Å². The molecule has 1 aliphatic rings. The van der Waals surface area contributed by atoms with Crippen LogP contribution in [0.3, 0.4) is 0 Å². The molecule has 0 aliphatic heterocycles. The predicted octanol–water partition coefficient (Wildman–Crippen LogP) is 3.25. The van der Waals surface area contributed by atoms with Crippen molar-refractivity contribution in [2.24, 2.45) is 0 Å². The first-order valence-electron chi connectivity index (χ1n) is 8.46. The predicted molar refractivity (Wildman–Crippen MR) is 101 cm³/mol. The van der Waals surface area contributed by atoms with Gasteiger partial charge in [-0.15, -0.1) is 22.7 Å². The highest BCUT2D eigenvalue weighted by atomic mass is 32.1. The van der Waals surface area contributed by atoms with Gasteiger partial charge in [0.2, 0.25) is 5.91 Å². The Morgan fingerprint density at radius 1 is 1.32 bits per heavy atom. The molecule has 2 amide bonds. The van der Waals surface area contributed by atoms with Crippen LogP contribution in [0.5, 0.6) is 0 Å². The topological polar surface area (TPSA) is 62.3 Å². The minimum Gasteiger partial charge on any atom is -0.337 e. The molecule has 0 spiro atoms. The summed E-state index contributed by atoms with van der Waals surface area (Å²) in [6.07, 6.45) is 4.58. The van der Waals surface area contributed by atoms with Crippen LogP contribution in [0.15, 0.2) is 17.5 Å². The number of carbonyl (C=O) groups is 2. The molecule has 2 aromatic heterocycles. The Morgan fingerprint density at radius 2 is 2.08 bits per heavy atom. The molecule has 0 bridgehead atoms. The van der Waals surface area contributed by atoms with Crippen LogP contribution in [0, 0.1) is 0 Å². The molecule has 1 N–H and O–H groups in total. The number of hydrogen-bond acceptors (Lipinski definition) is 5. The van der Waals surface area contributed by atoms with Crippen LogP contribution in [-0.4, -0.2) is 34.3 Å². The lowest BCUT2D eigenvalue weighted by Crippen LogP contribution is -2.54. The largest absolute Gasteiger partial charge is 0.337 e. The fraction of sp³-hybridized carbons (Fsp3) is 0.500. The van der Waals surface area contributed by atoms with Crippen molar-refractivity contribution in [3.8, 4) is 0 Å². The van der Waals surface area contributed by atoms with E-state index in [0.29, 0.717) is 11.4 Å². The first kappa shape index (κ1) is 18.1. The highest BCUT2D eigenvalue weighted by Gasteiger charge is 2.33. The average molecular weight is 378 g/mol. The fourth-order valence-corrected chi connectivity index (χ4v) is 4.86. The van der Waals surface area contributed by atoms with Crippen molar-refractivity contribution in [2.75, 3.05) is 7.05 Å². The maximum atomic E-state index is 12.8. The first-order chi connectivity index (χ1) is 11.9. The molecule has 0 atom stereocenters. The summed E-state index contributed by atoms with van der Waals surface area (Å²) in [6, 6.07) is 3.58. The second-order valence-electron chi connectivity index (χ2n) is 6.90. The number of thiophene rings is 1. The number of amides is 2. The number of rotatable bonds is 5. The van der Waals surface area contributed by atoms with E-state index in [9.17, 15) is 9.59 Å². The summed E-state index contributed by atoms with van der Waals surface area (Å²) in [7, 11) is 1.77. The van der Waals surface area contributed by atoms with Gasteiger partial charge in [-0.2, -0.15) is 0 Å². The van der Waals surface area contributed by atoms with Gasteiger partial charge in [0.25, 0.3) is 5.91 Å². The summed E-state index contributed by atoms with van der Waals surface area (Å²) in [5.74, 6) is -0.336. The molecule has 7 heteroatoms. The van der Waals surface area contributed by atoms with Gasteiger partial charge in [0.1, 0.15) is 10.5 Å². The number of thiazole rings is 1. The molecule has 5 nitrogen and oxygen atoms in total. The van der Waals surface area contributed by atoms with Crippen molar-refractivity contribution < 1.29 is 9.59 Å². The van der Waals surface area contributed by atoms with Crippen LogP contribution in [0.1, 0.15) is 51.9 Å². The number of nitrogens with zero attached hydrogens (tertiary/aromatic N) is 2. The van der Waals surface area contributed by atoms with E-state index in [0.717, 1.165) is 17.8 Å². The van der Waals surface area contributed by atoms with E-state index in [-0.39, 0.29) is 11.8 Å². The first-order valence-corrected chi connectivity index (χ1v) is 10.2. The van der Waals surface area contributed by atoms with Gasteiger partial charge in [-0.3, -0.25) is 9.59 Å². The molecule has 2 heterocycles. The highest BCUT2D eigenvalue weighted by molar-refractivity contribution is 7.12. The van der Waals surface area contributed by atoms with Gasteiger partial charge in [-0.1, -0.05) is 6.07 Å². The van der Waals surface area contributed by atoms with Crippen LogP contribution in [0.25, 0.3) is 0 Å². The van der Waals surface area contributed by atoms with Crippen molar-refractivity contribution >= 4 is 34.5 Å². The zero-order valence-corrected chi connectivity index (χ0v) is 16.4. The van der Waals surface area contributed by atoms with Crippen LogP contribution in [0.4, 0.5) is 0 Å². The van der Waals surface area contributed by atoms with Crippen molar-refractivity contribution in [3.63, 3.8) is 0 Å². The van der Waals surface area contributed by atoms with E-state index >= 15 is 0 Å². The smallest absolute Gasteiger partial charge is 0.262 e. The van der Waals surface area contributed by atoms with Crippen LogP contribution in [0.2, 0.25) is 0 Å². The molecule has 0 fully saturated rings. The van der Waals surface area contributed by atoms with Gasteiger partial charge < -0.3 is 10.2 Å². The monoisotopic (exact) mass is 377 g/mol. The Morgan fingerprint density at radius 3 is 2.76 bits per heavy atom. The van der Waals surface area contributed by atoms with Crippen LogP contribution < -0.4 is 5.32 Å². The zero-order valence-electron chi connectivity index (χ0n) is 14.8. The van der Waals surface area contributed by atoms with E-state index < -0.39 is 5.54 Å². The second kappa shape index (κ2) is 7.25. The van der Waals surface area contributed by atoms with Gasteiger partial charge in [-0.25, -0.2) is 4.98 Å². The Kier molecular flexibility index (Phi) is 5.24. The molecule has 3 rings (SSSR count). The van der Waals surface area contributed by atoms with E-state index in [1.165, 1.54) is 34.7 Å². The summed E-state index contributed by atoms with van der Waals surface area (Å²) < 4.78 is 0. The quantitative estimate of drug-likeness (QED) is 0.870. The number of aromatic nitrogens is 1. The Labute approximate surface area is 156 Å². The summed E-state index contributed by atoms with van der Waals surface area (Å²) in [4.78, 5) is 33.4. The van der Waals surface area contributed by atoms with Crippen LogP contribution >= 0.6 is 22.7 Å². The lowest BCUT2D eigenvalue weighted by molar-refractivity contribution is -0.136. The number of carbonyl (C=O) groups excluding carboxylic acids is 2. The number of aryl methyl sites for hydroxylation is 2. The third kappa shape index (κ3) is 4.10. The highest BCUT2D eigenvalue weighted by Crippen LogP contribution is 2.27. The molecule has 0 saturated carbocycles. The number of fused-ring (bicyclic) bond motifs is 1. The van der Waals surface area contributed by atoms with Gasteiger partial charge in [0.15, 0.2) is 0 Å². The minimum atomic E-state index is -0.966. The molecule has 0 radical (unpaired) electrons. The average Bonchev–Trinajstić information content (AvgIpc) is 3.22. The summed E-state index contributed by atoms with van der Waals surface area (Å²) in [5, 5.41) is 5.66. The van der Waals surface area contributed by atoms with E-state index in [1.807, 2.05) is 11.4 Å². The molecule has 25 heavy (non-hydrogen) atoms. The molecule has 134 valence electrons. The summed E-state index contributed by atoms with van der Waals surface area (Å²) in [5.41, 5.74) is 0.240. The SMILES string of the molecule is CN(Cc1nc2c(s1)CCCC2)C(=O)C(C)(C)NC(=O)c1cccs1. The van der Waals surface area contributed by atoms with E-state index in [2.05, 4.69) is 5.32 Å². The molecule has 0 unspecified atom stereocenters. The second-order valence-corrected chi connectivity index (χ2v) is 9.02. The Hall–Kier alpha value is -1.73. The molecular weight excluding hydrogens is 354 g/mol. The number of hydrogen-bond donors (Lipinski definition) is 1. The fourth-order valence-electron chi connectivity index (χ4n) is 3.03. The van der Waals surface area contributed by atoms with Crippen molar-refractivity contribution in [3.05, 3.63) is 38.0 Å². The van der Waals surface area contributed by atoms with Crippen LogP contribution in [-0.2, 0) is 24.2 Å². The molecule has 0 aromatic carbocycles. The van der Waals surface area contributed by atoms with Crippen molar-refractivity contribution in [2.45, 2.75) is 51.6 Å². The molecule has 2 aromatic rings. The third-order valence-corrected chi connectivity index (χ3v) is 6.33. The summed E-state index contributed by atoms with van der Waals surface area (Å²) in [6.45, 7) is 3.96. The van der Waals surface area contributed by atoms with E-state index in [4.69, 9.17) is 4.98 Å². The van der Waals surface area contributed by atoms with Gasteiger partial charge >= 0.3 is 0 Å². The lowest BCUT2D eigenvalue weighted by atomic mass is 10.0. The van der Waals surface area contributed by atoms with E-state index in [1.54, 1.807) is 43.2 Å². The molecular formula is C18H23N3O2S2. The molecule has 1 aliphatic carbocycles. The van der Waals surface area contributed by atoms with Gasteiger partial charge in [-0.05, 0) is 51.0 Å². The molecule has 0 saturated heterocycles. The van der Waals surface area contributed by atoms with Crippen molar-refractivity contribution in [1.29, 1.82) is 0 Å². The third-order valence-electron chi connectivity index (χ3n) is 4.31. The summed E-state index contributed by atoms with van der Waals surface area (Å²) >= 11 is 3.08. The number of likely N-dealkylation sites (N-methyl/N-ethyl adjacent to an activating group) is 1. The van der Waals surface area contributed by atoms with Gasteiger partial charge in [0, 0.05) is 11.9 Å². The maximum absolute atomic E-state index is 12.8.